The Labute approximate surface area is 134 Å². The standard InChI is InChI=1S/C16H28N2O3S/c1-4-6-7-8-9-10-13(5-2)14-11-12-18-16(21-3)15(14)22(17,19)20/h11-13H,4-10H2,1-3H3,(H2,17,19,20). The zero-order valence-corrected chi connectivity index (χ0v) is 14.7. The Hall–Kier alpha value is -1.14. The highest BCUT2D eigenvalue weighted by molar-refractivity contribution is 7.89. The molecule has 0 spiro atoms. The second-order valence-electron chi connectivity index (χ2n) is 5.59. The van der Waals surface area contributed by atoms with Gasteiger partial charge in [0.05, 0.1) is 7.11 Å². The van der Waals surface area contributed by atoms with Crippen molar-refractivity contribution in [2.75, 3.05) is 7.11 Å². The predicted molar refractivity (Wildman–Crippen MR) is 88.6 cm³/mol. The van der Waals surface area contributed by atoms with Crippen LogP contribution in [0.5, 0.6) is 5.88 Å². The highest BCUT2D eigenvalue weighted by atomic mass is 32.2. The molecule has 1 atom stereocenters. The second-order valence-corrected chi connectivity index (χ2v) is 7.09. The van der Waals surface area contributed by atoms with Crippen LogP contribution in [0.3, 0.4) is 0 Å². The summed E-state index contributed by atoms with van der Waals surface area (Å²) in [4.78, 5) is 4.02. The van der Waals surface area contributed by atoms with E-state index in [1.165, 1.54) is 32.8 Å². The highest BCUT2D eigenvalue weighted by Gasteiger charge is 2.25. The molecule has 0 amide bonds. The SMILES string of the molecule is CCCCCCCC(CC)c1ccnc(OC)c1S(N)(=O)=O. The van der Waals surface area contributed by atoms with Gasteiger partial charge >= 0.3 is 0 Å². The van der Waals surface area contributed by atoms with Gasteiger partial charge in [-0.3, -0.25) is 0 Å². The van der Waals surface area contributed by atoms with E-state index < -0.39 is 10.0 Å². The number of hydrogen-bond donors (Lipinski definition) is 1. The van der Waals surface area contributed by atoms with Crippen LogP contribution in [-0.4, -0.2) is 20.5 Å². The molecule has 1 heterocycles. The number of methoxy groups -OCH3 is 1. The van der Waals surface area contributed by atoms with Crippen molar-refractivity contribution in [3.63, 3.8) is 0 Å². The lowest BCUT2D eigenvalue weighted by Crippen LogP contribution is -2.18. The van der Waals surface area contributed by atoms with E-state index in [0.29, 0.717) is 0 Å². The fourth-order valence-electron chi connectivity index (χ4n) is 2.77. The third-order valence-corrected chi connectivity index (χ3v) is 4.95. The van der Waals surface area contributed by atoms with Gasteiger partial charge in [0.2, 0.25) is 15.9 Å². The van der Waals surface area contributed by atoms with Crippen LogP contribution >= 0.6 is 0 Å². The maximum Gasteiger partial charge on any atom is 0.243 e. The minimum atomic E-state index is -3.86. The third kappa shape index (κ3) is 5.25. The summed E-state index contributed by atoms with van der Waals surface area (Å²) >= 11 is 0. The first kappa shape index (κ1) is 18.9. The molecule has 6 heteroatoms. The Morgan fingerprint density at radius 1 is 1.23 bits per heavy atom. The summed E-state index contributed by atoms with van der Waals surface area (Å²) in [6.45, 7) is 4.26. The van der Waals surface area contributed by atoms with Crippen molar-refractivity contribution in [3.8, 4) is 5.88 Å². The van der Waals surface area contributed by atoms with Crippen molar-refractivity contribution in [2.24, 2.45) is 5.14 Å². The van der Waals surface area contributed by atoms with Crippen molar-refractivity contribution in [2.45, 2.75) is 69.6 Å². The number of pyridine rings is 1. The Morgan fingerprint density at radius 2 is 1.91 bits per heavy atom. The summed E-state index contributed by atoms with van der Waals surface area (Å²) in [5, 5.41) is 5.37. The predicted octanol–water partition coefficient (Wildman–Crippen LogP) is 3.59. The van der Waals surface area contributed by atoms with Crippen molar-refractivity contribution in [3.05, 3.63) is 17.8 Å². The lowest BCUT2D eigenvalue weighted by Gasteiger charge is -2.19. The number of unbranched alkanes of at least 4 members (excludes halogenated alkanes) is 4. The van der Waals surface area contributed by atoms with Gasteiger partial charge < -0.3 is 4.74 Å². The first-order chi connectivity index (χ1) is 10.5. The zero-order chi connectivity index (χ0) is 16.6. The monoisotopic (exact) mass is 328 g/mol. The highest BCUT2D eigenvalue weighted by Crippen LogP contribution is 2.34. The average Bonchev–Trinajstić information content (AvgIpc) is 2.49. The normalized spacial score (nSPS) is 13.1. The lowest BCUT2D eigenvalue weighted by atomic mass is 9.91. The van der Waals surface area contributed by atoms with Crippen LogP contribution in [0.1, 0.15) is 70.3 Å². The topological polar surface area (TPSA) is 82.3 Å². The van der Waals surface area contributed by atoms with Crippen LogP contribution in [-0.2, 0) is 10.0 Å². The van der Waals surface area contributed by atoms with Crippen LogP contribution in [0, 0.1) is 0 Å². The number of primary sulfonamides is 1. The van der Waals surface area contributed by atoms with E-state index in [-0.39, 0.29) is 16.7 Å². The van der Waals surface area contributed by atoms with E-state index in [1.54, 1.807) is 12.3 Å². The van der Waals surface area contributed by atoms with Crippen molar-refractivity contribution in [1.82, 2.24) is 4.98 Å². The minimum absolute atomic E-state index is 0.0397. The molecule has 0 saturated carbocycles. The molecular formula is C16H28N2O3S. The van der Waals surface area contributed by atoms with Gasteiger partial charge in [0.1, 0.15) is 4.90 Å². The molecule has 0 bridgehead atoms. The first-order valence-corrected chi connectivity index (χ1v) is 9.56. The Kier molecular flexibility index (Phi) is 7.82. The summed E-state index contributed by atoms with van der Waals surface area (Å²) in [5.41, 5.74) is 0.729. The van der Waals surface area contributed by atoms with Crippen molar-refractivity contribution >= 4 is 10.0 Å². The fraction of sp³-hybridized carbons (Fsp3) is 0.688. The van der Waals surface area contributed by atoms with E-state index in [0.717, 1.165) is 24.8 Å². The van der Waals surface area contributed by atoms with Crippen molar-refractivity contribution in [1.29, 1.82) is 0 Å². The first-order valence-electron chi connectivity index (χ1n) is 8.01. The number of sulfonamides is 1. The quantitative estimate of drug-likeness (QED) is 0.665. The smallest absolute Gasteiger partial charge is 0.243 e. The van der Waals surface area contributed by atoms with Gasteiger partial charge in [0, 0.05) is 6.20 Å². The van der Waals surface area contributed by atoms with E-state index in [9.17, 15) is 8.42 Å². The van der Waals surface area contributed by atoms with E-state index >= 15 is 0 Å². The number of ether oxygens (including phenoxy) is 1. The molecule has 1 rings (SSSR count). The molecule has 0 aromatic carbocycles. The fourth-order valence-corrected chi connectivity index (χ4v) is 3.71. The molecular weight excluding hydrogens is 300 g/mol. The number of nitrogens with two attached hydrogens (primary N) is 1. The Morgan fingerprint density at radius 3 is 2.45 bits per heavy atom. The van der Waals surface area contributed by atoms with Gasteiger partial charge in [-0.15, -0.1) is 0 Å². The molecule has 0 saturated heterocycles. The van der Waals surface area contributed by atoms with Crippen LogP contribution in [0.4, 0.5) is 0 Å². The maximum atomic E-state index is 11.9. The number of hydrogen-bond acceptors (Lipinski definition) is 4. The number of aromatic nitrogens is 1. The van der Waals surface area contributed by atoms with E-state index in [4.69, 9.17) is 9.88 Å². The molecule has 5 nitrogen and oxygen atoms in total. The summed E-state index contributed by atoms with van der Waals surface area (Å²) in [6.07, 6.45) is 9.37. The summed E-state index contributed by atoms with van der Waals surface area (Å²) < 4.78 is 28.9. The molecule has 0 aliphatic heterocycles. The molecule has 1 unspecified atom stereocenters. The van der Waals surface area contributed by atoms with Crippen LogP contribution in [0.15, 0.2) is 17.2 Å². The molecule has 126 valence electrons. The minimum Gasteiger partial charge on any atom is -0.480 e. The van der Waals surface area contributed by atoms with Crippen LogP contribution in [0.25, 0.3) is 0 Å². The summed E-state index contributed by atoms with van der Waals surface area (Å²) in [7, 11) is -2.45. The molecule has 0 aliphatic rings. The van der Waals surface area contributed by atoms with Gasteiger partial charge in [-0.1, -0.05) is 46.0 Å². The van der Waals surface area contributed by atoms with Gasteiger partial charge in [-0.25, -0.2) is 18.5 Å². The molecule has 0 radical (unpaired) electrons. The van der Waals surface area contributed by atoms with E-state index in [1.807, 2.05) is 0 Å². The molecule has 0 fully saturated rings. The van der Waals surface area contributed by atoms with Crippen LogP contribution in [0.2, 0.25) is 0 Å². The largest absolute Gasteiger partial charge is 0.480 e. The Balaban J connectivity index is 2.97. The van der Waals surface area contributed by atoms with Gasteiger partial charge in [-0.2, -0.15) is 0 Å². The Bertz CT molecular complexity index is 559. The number of nitrogens with zero attached hydrogens (tertiary/aromatic N) is 1. The molecule has 1 aromatic rings. The summed E-state index contributed by atoms with van der Waals surface area (Å²) in [5.74, 6) is 0.247. The molecule has 22 heavy (non-hydrogen) atoms. The van der Waals surface area contributed by atoms with E-state index in [2.05, 4.69) is 18.8 Å². The second kappa shape index (κ2) is 9.10. The summed E-state index contributed by atoms with van der Waals surface area (Å²) in [6, 6.07) is 1.75. The third-order valence-electron chi connectivity index (χ3n) is 3.97. The van der Waals surface area contributed by atoms with Crippen LogP contribution < -0.4 is 9.88 Å². The number of rotatable bonds is 10. The average molecular weight is 328 g/mol. The molecule has 0 aliphatic carbocycles. The van der Waals surface area contributed by atoms with Gasteiger partial charge in [0.15, 0.2) is 0 Å². The molecule has 2 N–H and O–H groups in total. The zero-order valence-electron chi connectivity index (χ0n) is 13.8. The van der Waals surface area contributed by atoms with Gasteiger partial charge in [0.25, 0.3) is 0 Å². The van der Waals surface area contributed by atoms with Crippen molar-refractivity contribution < 1.29 is 13.2 Å². The maximum absolute atomic E-state index is 11.9. The molecule has 1 aromatic heterocycles. The van der Waals surface area contributed by atoms with Gasteiger partial charge in [-0.05, 0) is 30.4 Å². The lowest BCUT2D eigenvalue weighted by molar-refractivity contribution is 0.381.